The average molecular weight is 244 g/mol. The van der Waals surface area contributed by atoms with Crippen LogP contribution in [0.2, 0.25) is 0 Å². The first-order valence-corrected chi connectivity index (χ1v) is 6.31. The molecule has 19 heavy (non-hydrogen) atoms. The Morgan fingerprint density at radius 3 is 2.63 bits per heavy atom. The molecular formula is C16H13BN2. The van der Waals surface area contributed by atoms with Crippen molar-refractivity contribution < 1.29 is 0 Å². The number of hydrogen-bond donors (Lipinski definition) is 0. The van der Waals surface area contributed by atoms with Crippen LogP contribution < -0.4 is 5.46 Å². The van der Waals surface area contributed by atoms with E-state index in [1.54, 1.807) is 0 Å². The Morgan fingerprint density at radius 1 is 1.11 bits per heavy atom. The highest BCUT2D eigenvalue weighted by Gasteiger charge is 2.06. The summed E-state index contributed by atoms with van der Waals surface area (Å²) in [5, 5.41) is 10.1. The van der Waals surface area contributed by atoms with Crippen LogP contribution in [0.4, 0.5) is 0 Å². The van der Waals surface area contributed by atoms with Gasteiger partial charge in [0.15, 0.2) is 0 Å². The second-order valence-electron chi connectivity index (χ2n) is 4.77. The van der Waals surface area contributed by atoms with Crippen LogP contribution in [0.5, 0.6) is 0 Å². The van der Waals surface area contributed by atoms with Gasteiger partial charge in [-0.25, -0.2) is 0 Å². The van der Waals surface area contributed by atoms with E-state index in [1.165, 1.54) is 16.5 Å². The summed E-state index contributed by atoms with van der Waals surface area (Å²) in [6, 6.07) is 18.5. The molecule has 0 spiro atoms. The highest BCUT2D eigenvalue weighted by atomic mass is 15.0. The lowest BCUT2D eigenvalue weighted by Gasteiger charge is -2.05. The predicted molar refractivity (Wildman–Crippen MR) is 80.4 cm³/mol. The lowest BCUT2D eigenvalue weighted by molar-refractivity contribution is 0.839. The normalized spacial score (nSPS) is 10.5. The largest absolute Gasteiger partial charge is 0.344 e. The van der Waals surface area contributed by atoms with Crippen LogP contribution in [-0.2, 0) is 6.54 Å². The number of nitriles is 1. The molecule has 0 saturated heterocycles. The molecule has 3 heteroatoms. The van der Waals surface area contributed by atoms with Gasteiger partial charge in [-0.05, 0) is 35.3 Å². The van der Waals surface area contributed by atoms with Crippen LogP contribution in [0.15, 0.2) is 54.7 Å². The fraction of sp³-hybridized carbons (Fsp3) is 0.0625. The zero-order valence-electron chi connectivity index (χ0n) is 10.8. The summed E-state index contributed by atoms with van der Waals surface area (Å²) < 4.78 is 2.24. The monoisotopic (exact) mass is 244 g/mol. The first-order valence-electron chi connectivity index (χ1n) is 6.31. The zero-order valence-corrected chi connectivity index (χ0v) is 10.8. The van der Waals surface area contributed by atoms with Crippen molar-refractivity contribution in [2.45, 2.75) is 6.54 Å². The molecule has 0 N–H and O–H groups in total. The Bertz CT molecular complexity index is 767. The van der Waals surface area contributed by atoms with Gasteiger partial charge >= 0.3 is 0 Å². The smallest absolute Gasteiger partial charge is 0.142 e. The molecule has 0 atom stereocenters. The SMILES string of the molecule is Bc1cn(Cc2ccccc2)c2ccc(C#N)cc12. The number of aromatic nitrogens is 1. The fourth-order valence-corrected chi connectivity index (χ4v) is 2.46. The van der Waals surface area contributed by atoms with Crippen molar-refractivity contribution >= 4 is 24.2 Å². The van der Waals surface area contributed by atoms with Gasteiger partial charge < -0.3 is 4.57 Å². The van der Waals surface area contributed by atoms with Crippen molar-refractivity contribution in [2.75, 3.05) is 0 Å². The summed E-state index contributed by atoms with van der Waals surface area (Å²) in [7, 11) is 2.09. The minimum atomic E-state index is 0.716. The topological polar surface area (TPSA) is 28.7 Å². The number of nitrogens with zero attached hydrogens (tertiary/aromatic N) is 2. The van der Waals surface area contributed by atoms with E-state index >= 15 is 0 Å². The van der Waals surface area contributed by atoms with Crippen LogP contribution >= 0.6 is 0 Å². The molecule has 0 radical (unpaired) electrons. The maximum atomic E-state index is 8.97. The van der Waals surface area contributed by atoms with Crippen LogP contribution in [0.25, 0.3) is 10.9 Å². The predicted octanol–water partition coefficient (Wildman–Crippen LogP) is 1.82. The third kappa shape index (κ3) is 2.13. The molecule has 2 nitrogen and oxygen atoms in total. The standard InChI is InChI=1S/C16H13BN2/c17-15-11-19(10-12-4-2-1-3-5-12)16-7-6-13(9-18)8-14(15)16/h1-8,11H,10,17H2. The summed E-state index contributed by atoms with van der Waals surface area (Å²) in [5.41, 5.74) is 4.39. The van der Waals surface area contributed by atoms with E-state index in [-0.39, 0.29) is 0 Å². The molecule has 0 aliphatic heterocycles. The third-order valence-electron chi connectivity index (χ3n) is 3.41. The van der Waals surface area contributed by atoms with Crippen molar-refractivity contribution in [1.29, 1.82) is 5.26 Å². The number of rotatable bonds is 2. The lowest BCUT2D eigenvalue weighted by Crippen LogP contribution is -2.01. The molecule has 90 valence electrons. The molecule has 0 aliphatic carbocycles. The molecular weight excluding hydrogens is 231 g/mol. The van der Waals surface area contributed by atoms with Gasteiger partial charge in [-0.15, -0.1) is 0 Å². The van der Waals surface area contributed by atoms with E-state index in [2.05, 4.69) is 48.9 Å². The molecule has 0 saturated carbocycles. The molecule has 0 fully saturated rings. The first kappa shape index (κ1) is 11.6. The molecule has 3 aromatic rings. The summed E-state index contributed by atoms with van der Waals surface area (Å²) in [6.07, 6.45) is 2.15. The van der Waals surface area contributed by atoms with Gasteiger partial charge in [0, 0.05) is 12.1 Å². The van der Waals surface area contributed by atoms with Crippen molar-refractivity contribution in [1.82, 2.24) is 4.57 Å². The molecule has 0 aliphatic rings. The Kier molecular flexibility index (Phi) is 2.85. The molecule has 1 heterocycles. The van der Waals surface area contributed by atoms with Gasteiger partial charge in [0.2, 0.25) is 0 Å². The van der Waals surface area contributed by atoms with Crippen molar-refractivity contribution in [3.05, 3.63) is 65.9 Å². The Balaban J connectivity index is 2.08. The molecule has 3 rings (SSSR count). The Hall–Kier alpha value is -2.47. The van der Waals surface area contributed by atoms with Gasteiger partial charge in [0.25, 0.3) is 0 Å². The highest BCUT2D eigenvalue weighted by Crippen LogP contribution is 2.16. The fourth-order valence-electron chi connectivity index (χ4n) is 2.46. The minimum absolute atomic E-state index is 0.716. The van der Waals surface area contributed by atoms with Crippen molar-refractivity contribution in [3.63, 3.8) is 0 Å². The maximum Gasteiger partial charge on any atom is 0.142 e. The van der Waals surface area contributed by atoms with Crippen molar-refractivity contribution in [3.8, 4) is 6.07 Å². The Labute approximate surface area is 113 Å². The summed E-state index contributed by atoms with van der Waals surface area (Å²) in [4.78, 5) is 0. The van der Waals surface area contributed by atoms with Gasteiger partial charge in [-0.2, -0.15) is 5.26 Å². The van der Waals surface area contributed by atoms with Gasteiger partial charge in [-0.3, -0.25) is 0 Å². The highest BCUT2D eigenvalue weighted by molar-refractivity contribution is 6.38. The first-order chi connectivity index (χ1) is 9.28. The van der Waals surface area contributed by atoms with E-state index in [9.17, 15) is 0 Å². The second-order valence-corrected chi connectivity index (χ2v) is 4.77. The summed E-state index contributed by atoms with van der Waals surface area (Å²) in [6.45, 7) is 0.858. The molecule has 0 unspecified atom stereocenters. The molecule has 0 bridgehead atoms. The Morgan fingerprint density at radius 2 is 1.89 bits per heavy atom. The van der Waals surface area contributed by atoms with Gasteiger partial charge in [0.05, 0.1) is 11.6 Å². The zero-order chi connectivity index (χ0) is 13.2. The summed E-state index contributed by atoms with van der Waals surface area (Å²) >= 11 is 0. The van der Waals surface area contributed by atoms with Crippen LogP contribution in [0, 0.1) is 11.3 Å². The van der Waals surface area contributed by atoms with Crippen molar-refractivity contribution in [2.24, 2.45) is 0 Å². The number of hydrogen-bond acceptors (Lipinski definition) is 1. The molecule has 0 amide bonds. The van der Waals surface area contributed by atoms with Crippen LogP contribution in [0.1, 0.15) is 11.1 Å². The summed E-state index contributed by atoms with van der Waals surface area (Å²) in [5.74, 6) is 0. The molecule has 1 aromatic heterocycles. The maximum absolute atomic E-state index is 8.97. The van der Waals surface area contributed by atoms with Crippen LogP contribution in [0.3, 0.4) is 0 Å². The minimum Gasteiger partial charge on any atom is -0.344 e. The van der Waals surface area contributed by atoms with Gasteiger partial charge in [0.1, 0.15) is 7.85 Å². The number of fused-ring (bicyclic) bond motifs is 1. The number of benzene rings is 2. The lowest BCUT2D eigenvalue weighted by atomic mass is 9.95. The van der Waals surface area contributed by atoms with E-state index in [1.807, 2.05) is 24.3 Å². The van der Waals surface area contributed by atoms with Gasteiger partial charge in [-0.1, -0.05) is 35.8 Å². The van der Waals surface area contributed by atoms with E-state index in [4.69, 9.17) is 5.26 Å². The average Bonchev–Trinajstić information content (AvgIpc) is 2.76. The third-order valence-corrected chi connectivity index (χ3v) is 3.41. The second kappa shape index (κ2) is 4.66. The van der Waals surface area contributed by atoms with E-state index < -0.39 is 0 Å². The molecule has 2 aromatic carbocycles. The van der Waals surface area contributed by atoms with Crippen LogP contribution in [-0.4, -0.2) is 12.4 Å². The van der Waals surface area contributed by atoms with E-state index in [0.29, 0.717) is 5.56 Å². The van der Waals surface area contributed by atoms with E-state index in [0.717, 1.165) is 11.9 Å². The quantitative estimate of drug-likeness (QED) is 0.632.